The molecule has 5 nitrogen and oxygen atoms in total. The Morgan fingerprint density at radius 2 is 2.21 bits per heavy atom. The largest absolute Gasteiger partial charge is 0.383 e. The zero-order chi connectivity index (χ0) is 13.7. The molecule has 0 saturated carbocycles. The zero-order valence-electron chi connectivity index (χ0n) is 11.2. The maximum atomic E-state index is 12.1. The lowest BCUT2D eigenvalue weighted by molar-refractivity contribution is -0.141. The second-order valence-electron chi connectivity index (χ2n) is 4.65. The van der Waals surface area contributed by atoms with Gasteiger partial charge < -0.3 is 14.9 Å². The number of nitrogens with one attached hydrogen (secondary N) is 1. The minimum atomic E-state index is -0.932. The van der Waals surface area contributed by atoms with Crippen LogP contribution in [0.1, 0.15) is 18.9 Å². The fraction of sp³-hybridized carbons (Fsp3) is 0.429. The number of methoxy groups -OCH3 is 1. The first-order valence-corrected chi connectivity index (χ1v) is 6.23. The zero-order valence-corrected chi connectivity index (χ0v) is 11.2. The van der Waals surface area contributed by atoms with Crippen LogP contribution in [-0.2, 0) is 14.4 Å². The SMILES string of the molecule is COCCNC(=O)[C@]1(C)CC(c2ccccc2)=NO1. The summed E-state index contributed by atoms with van der Waals surface area (Å²) >= 11 is 0. The van der Waals surface area contributed by atoms with Crippen molar-refractivity contribution in [2.75, 3.05) is 20.3 Å². The van der Waals surface area contributed by atoms with Gasteiger partial charge in [-0.05, 0) is 12.5 Å². The first-order valence-electron chi connectivity index (χ1n) is 6.23. The molecule has 2 rings (SSSR count). The summed E-state index contributed by atoms with van der Waals surface area (Å²) in [6.07, 6.45) is 0.468. The maximum absolute atomic E-state index is 12.1. The summed E-state index contributed by atoms with van der Waals surface area (Å²) < 4.78 is 4.89. The van der Waals surface area contributed by atoms with Crippen LogP contribution in [0.15, 0.2) is 35.5 Å². The molecule has 102 valence electrons. The minimum Gasteiger partial charge on any atom is -0.383 e. The van der Waals surface area contributed by atoms with E-state index < -0.39 is 5.60 Å². The number of carbonyl (C=O) groups excluding carboxylic acids is 1. The molecular formula is C14H18N2O3. The third-order valence-corrected chi connectivity index (χ3v) is 3.04. The number of rotatable bonds is 5. The highest BCUT2D eigenvalue weighted by molar-refractivity contribution is 6.05. The van der Waals surface area contributed by atoms with Crippen molar-refractivity contribution in [3.63, 3.8) is 0 Å². The van der Waals surface area contributed by atoms with E-state index in [1.54, 1.807) is 14.0 Å². The molecule has 0 saturated heterocycles. The van der Waals surface area contributed by atoms with Gasteiger partial charge in [-0.2, -0.15) is 0 Å². The molecule has 0 aliphatic carbocycles. The summed E-state index contributed by atoms with van der Waals surface area (Å²) in [4.78, 5) is 17.4. The predicted molar refractivity (Wildman–Crippen MR) is 72.0 cm³/mol. The van der Waals surface area contributed by atoms with Gasteiger partial charge in [-0.1, -0.05) is 35.5 Å². The molecule has 1 atom stereocenters. The topological polar surface area (TPSA) is 59.9 Å². The third kappa shape index (κ3) is 3.12. The summed E-state index contributed by atoms with van der Waals surface area (Å²) in [5, 5.41) is 6.81. The molecule has 19 heavy (non-hydrogen) atoms. The van der Waals surface area contributed by atoms with Gasteiger partial charge in [0.1, 0.15) is 0 Å². The summed E-state index contributed by atoms with van der Waals surface area (Å²) in [6, 6.07) is 9.72. The number of carbonyl (C=O) groups is 1. The van der Waals surface area contributed by atoms with Crippen LogP contribution in [0.5, 0.6) is 0 Å². The van der Waals surface area contributed by atoms with Gasteiger partial charge in [0.05, 0.1) is 12.3 Å². The Bertz CT molecular complexity index is 473. The number of oxime groups is 1. The van der Waals surface area contributed by atoms with Crippen molar-refractivity contribution in [2.45, 2.75) is 18.9 Å². The van der Waals surface area contributed by atoms with E-state index >= 15 is 0 Å². The van der Waals surface area contributed by atoms with Gasteiger partial charge in [-0.3, -0.25) is 4.79 Å². The van der Waals surface area contributed by atoms with Crippen LogP contribution in [0.2, 0.25) is 0 Å². The van der Waals surface area contributed by atoms with Gasteiger partial charge in [-0.25, -0.2) is 0 Å². The van der Waals surface area contributed by atoms with Gasteiger partial charge in [0, 0.05) is 20.1 Å². The fourth-order valence-electron chi connectivity index (χ4n) is 1.90. The first-order chi connectivity index (χ1) is 9.15. The average molecular weight is 262 g/mol. The first kappa shape index (κ1) is 13.5. The summed E-state index contributed by atoms with van der Waals surface area (Å²) in [5.41, 5.74) is 0.847. The van der Waals surface area contributed by atoms with Gasteiger partial charge in [0.2, 0.25) is 5.60 Å². The highest BCUT2D eigenvalue weighted by Gasteiger charge is 2.41. The van der Waals surface area contributed by atoms with Crippen molar-refractivity contribution in [2.24, 2.45) is 5.16 Å². The van der Waals surface area contributed by atoms with E-state index in [9.17, 15) is 4.79 Å². The van der Waals surface area contributed by atoms with Crippen LogP contribution in [0.3, 0.4) is 0 Å². The van der Waals surface area contributed by atoms with Crippen molar-refractivity contribution in [3.05, 3.63) is 35.9 Å². The molecular weight excluding hydrogens is 244 g/mol. The predicted octanol–water partition coefficient (Wildman–Crippen LogP) is 1.33. The van der Waals surface area contributed by atoms with Crippen molar-refractivity contribution >= 4 is 11.6 Å². The number of hydrogen-bond donors (Lipinski definition) is 1. The normalized spacial score (nSPS) is 21.7. The summed E-state index contributed by atoms with van der Waals surface area (Å²) in [5.74, 6) is -0.167. The molecule has 0 unspecified atom stereocenters. The van der Waals surface area contributed by atoms with Crippen LogP contribution in [0.4, 0.5) is 0 Å². The van der Waals surface area contributed by atoms with E-state index in [4.69, 9.17) is 9.57 Å². The molecule has 1 heterocycles. The lowest BCUT2D eigenvalue weighted by atomic mass is 9.95. The van der Waals surface area contributed by atoms with E-state index in [0.29, 0.717) is 19.6 Å². The molecule has 1 aliphatic heterocycles. The third-order valence-electron chi connectivity index (χ3n) is 3.04. The smallest absolute Gasteiger partial charge is 0.267 e. The quantitative estimate of drug-likeness (QED) is 0.814. The fourth-order valence-corrected chi connectivity index (χ4v) is 1.90. The van der Waals surface area contributed by atoms with E-state index in [-0.39, 0.29) is 5.91 Å². The molecule has 0 aromatic heterocycles. The Balaban J connectivity index is 1.97. The molecule has 1 amide bonds. The Kier molecular flexibility index (Phi) is 4.16. The number of benzene rings is 1. The molecule has 1 aliphatic rings. The number of ether oxygens (including phenoxy) is 1. The highest BCUT2D eigenvalue weighted by atomic mass is 16.7. The van der Waals surface area contributed by atoms with E-state index in [0.717, 1.165) is 11.3 Å². The van der Waals surface area contributed by atoms with E-state index in [1.165, 1.54) is 0 Å². The standard InChI is InChI=1S/C14H18N2O3/c1-14(13(17)15-8-9-18-2)10-12(16-19-14)11-6-4-3-5-7-11/h3-7H,8-10H2,1-2H3,(H,15,17)/t14-/m0/s1. The van der Waals surface area contributed by atoms with Crippen molar-refractivity contribution in [3.8, 4) is 0 Å². The van der Waals surface area contributed by atoms with Crippen molar-refractivity contribution in [1.29, 1.82) is 0 Å². The molecule has 0 spiro atoms. The van der Waals surface area contributed by atoms with Crippen LogP contribution in [0, 0.1) is 0 Å². The van der Waals surface area contributed by atoms with Crippen LogP contribution >= 0.6 is 0 Å². The number of hydrogen-bond acceptors (Lipinski definition) is 4. The molecule has 0 fully saturated rings. The van der Waals surface area contributed by atoms with Crippen LogP contribution < -0.4 is 5.32 Å². The highest BCUT2D eigenvalue weighted by Crippen LogP contribution is 2.26. The number of amides is 1. The van der Waals surface area contributed by atoms with E-state index in [1.807, 2.05) is 30.3 Å². The van der Waals surface area contributed by atoms with Crippen LogP contribution in [-0.4, -0.2) is 37.5 Å². The molecule has 1 aromatic rings. The molecule has 1 N–H and O–H groups in total. The lowest BCUT2D eigenvalue weighted by Gasteiger charge is -2.20. The molecule has 5 heteroatoms. The van der Waals surface area contributed by atoms with Gasteiger partial charge in [-0.15, -0.1) is 0 Å². The van der Waals surface area contributed by atoms with E-state index in [2.05, 4.69) is 10.5 Å². The molecule has 1 aromatic carbocycles. The summed E-state index contributed by atoms with van der Waals surface area (Å²) in [7, 11) is 1.59. The summed E-state index contributed by atoms with van der Waals surface area (Å²) in [6.45, 7) is 2.69. The second-order valence-corrected chi connectivity index (χ2v) is 4.65. The Morgan fingerprint density at radius 1 is 1.47 bits per heavy atom. The number of nitrogens with zero attached hydrogens (tertiary/aromatic N) is 1. The minimum absolute atomic E-state index is 0.167. The van der Waals surface area contributed by atoms with Crippen molar-refractivity contribution in [1.82, 2.24) is 5.32 Å². The van der Waals surface area contributed by atoms with Gasteiger partial charge in [0.15, 0.2) is 0 Å². The van der Waals surface area contributed by atoms with Crippen molar-refractivity contribution < 1.29 is 14.4 Å². The van der Waals surface area contributed by atoms with Gasteiger partial charge in [0.25, 0.3) is 5.91 Å². The monoisotopic (exact) mass is 262 g/mol. The second kappa shape index (κ2) is 5.84. The average Bonchev–Trinajstić information content (AvgIpc) is 2.84. The molecule has 0 bridgehead atoms. The van der Waals surface area contributed by atoms with Crippen LogP contribution in [0.25, 0.3) is 0 Å². The van der Waals surface area contributed by atoms with Gasteiger partial charge >= 0.3 is 0 Å². The Morgan fingerprint density at radius 3 is 2.89 bits per heavy atom. The Labute approximate surface area is 112 Å². The molecule has 0 radical (unpaired) electrons. The maximum Gasteiger partial charge on any atom is 0.267 e. The Hall–Kier alpha value is -1.88. The lowest BCUT2D eigenvalue weighted by Crippen LogP contribution is -2.45.